The first-order valence-corrected chi connectivity index (χ1v) is 9.16. The zero-order valence-corrected chi connectivity index (χ0v) is 16.3. The molecule has 2 amide bonds. The highest BCUT2D eigenvalue weighted by Gasteiger charge is 2.35. The zero-order chi connectivity index (χ0) is 18.1. The fraction of sp³-hybridized carbons (Fsp3) is 0.263. The van der Waals surface area contributed by atoms with E-state index in [2.05, 4.69) is 21.2 Å². The van der Waals surface area contributed by atoms with Crippen LogP contribution in [0.2, 0.25) is 5.02 Å². The molecule has 0 radical (unpaired) electrons. The number of benzene rings is 2. The summed E-state index contributed by atoms with van der Waals surface area (Å²) in [6.45, 7) is 4.38. The number of nitrogens with one attached hydrogen (secondary N) is 1. The molecule has 0 spiro atoms. The second-order valence-corrected chi connectivity index (χ2v) is 7.58. The summed E-state index contributed by atoms with van der Waals surface area (Å²) >= 11 is 9.37. The lowest BCUT2D eigenvalue weighted by Gasteiger charge is -2.19. The summed E-state index contributed by atoms with van der Waals surface area (Å²) in [4.78, 5) is 26.6. The second-order valence-electron chi connectivity index (χ2n) is 6.31. The normalized spacial score (nSPS) is 17.0. The van der Waals surface area contributed by atoms with Crippen molar-refractivity contribution in [3.05, 3.63) is 57.0 Å². The molecule has 4 nitrogen and oxygen atoms in total. The maximum Gasteiger partial charge on any atom is 0.229 e. The average Bonchev–Trinajstić information content (AvgIpc) is 2.93. The van der Waals surface area contributed by atoms with E-state index in [1.807, 2.05) is 32.0 Å². The molecule has 1 N–H and O–H groups in total. The van der Waals surface area contributed by atoms with Crippen molar-refractivity contribution in [1.29, 1.82) is 0 Å². The SMILES string of the molecule is Cc1ccc(N2C[C@H](C(=O)Nc3ccc(Br)c(Cl)c3)CC2=O)c(C)c1. The van der Waals surface area contributed by atoms with E-state index in [-0.39, 0.29) is 24.2 Å². The van der Waals surface area contributed by atoms with Crippen molar-refractivity contribution in [2.45, 2.75) is 20.3 Å². The first-order valence-electron chi connectivity index (χ1n) is 7.98. The van der Waals surface area contributed by atoms with Crippen molar-refractivity contribution < 1.29 is 9.59 Å². The largest absolute Gasteiger partial charge is 0.326 e. The van der Waals surface area contributed by atoms with Gasteiger partial charge in [-0.25, -0.2) is 0 Å². The van der Waals surface area contributed by atoms with E-state index in [0.717, 1.165) is 21.3 Å². The van der Waals surface area contributed by atoms with Gasteiger partial charge in [-0.05, 0) is 59.6 Å². The third-order valence-corrected chi connectivity index (χ3v) is 5.56. The summed E-state index contributed by atoms with van der Waals surface area (Å²) in [5.74, 6) is -0.574. The van der Waals surface area contributed by atoms with Gasteiger partial charge in [0.25, 0.3) is 0 Å². The molecule has 0 bridgehead atoms. The number of hydrogen-bond acceptors (Lipinski definition) is 2. The van der Waals surface area contributed by atoms with E-state index < -0.39 is 0 Å². The molecular formula is C19H18BrClN2O2. The van der Waals surface area contributed by atoms with Gasteiger partial charge in [0.05, 0.1) is 10.9 Å². The van der Waals surface area contributed by atoms with E-state index in [1.54, 1.807) is 23.1 Å². The molecule has 25 heavy (non-hydrogen) atoms. The van der Waals surface area contributed by atoms with Crippen molar-refractivity contribution in [2.24, 2.45) is 5.92 Å². The first kappa shape index (κ1) is 18.0. The molecule has 1 atom stereocenters. The van der Waals surface area contributed by atoms with Crippen molar-refractivity contribution >= 4 is 50.7 Å². The fourth-order valence-corrected chi connectivity index (χ4v) is 3.47. The number of carbonyl (C=O) groups is 2. The Kier molecular flexibility index (Phi) is 5.16. The Morgan fingerprint density at radius 1 is 1.24 bits per heavy atom. The molecule has 0 unspecified atom stereocenters. The third-order valence-electron chi connectivity index (χ3n) is 4.33. The summed E-state index contributed by atoms with van der Waals surface area (Å²) in [6.07, 6.45) is 0.212. The van der Waals surface area contributed by atoms with Crippen LogP contribution in [-0.4, -0.2) is 18.4 Å². The quantitative estimate of drug-likeness (QED) is 0.780. The van der Waals surface area contributed by atoms with Crippen molar-refractivity contribution in [2.75, 3.05) is 16.8 Å². The second kappa shape index (κ2) is 7.18. The van der Waals surface area contributed by atoms with Gasteiger partial charge in [0.2, 0.25) is 11.8 Å². The van der Waals surface area contributed by atoms with E-state index in [1.165, 1.54) is 0 Å². The molecule has 1 saturated heterocycles. The number of halogens is 2. The molecule has 1 aliphatic rings. The van der Waals surface area contributed by atoms with Crippen molar-refractivity contribution in [3.8, 4) is 0 Å². The summed E-state index contributed by atoms with van der Waals surface area (Å²) in [7, 11) is 0. The Bertz CT molecular complexity index is 853. The van der Waals surface area contributed by atoms with Gasteiger partial charge in [-0.3, -0.25) is 9.59 Å². The van der Waals surface area contributed by atoms with Gasteiger partial charge in [0.1, 0.15) is 0 Å². The number of hydrogen-bond donors (Lipinski definition) is 1. The van der Waals surface area contributed by atoms with Gasteiger partial charge in [0.15, 0.2) is 0 Å². The zero-order valence-electron chi connectivity index (χ0n) is 14.0. The lowest BCUT2D eigenvalue weighted by atomic mass is 10.1. The van der Waals surface area contributed by atoms with E-state index >= 15 is 0 Å². The first-order chi connectivity index (χ1) is 11.8. The monoisotopic (exact) mass is 420 g/mol. The van der Waals surface area contributed by atoms with Crippen LogP contribution in [0.15, 0.2) is 40.9 Å². The maximum atomic E-state index is 12.5. The molecule has 6 heteroatoms. The summed E-state index contributed by atoms with van der Waals surface area (Å²) in [6, 6.07) is 11.2. The van der Waals surface area contributed by atoms with E-state index in [0.29, 0.717) is 17.3 Å². The molecule has 0 saturated carbocycles. The van der Waals surface area contributed by atoms with Gasteiger partial charge in [-0.1, -0.05) is 29.3 Å². The Labute approximate surface area is 160 Å². The van der Waals surface area contributed by atoms with E-state index in [4.69, 9.17) is 11.6 Å². The van der Waals surface area contributed by atoms with Gasteiger partial charge >= 0.3 is 0 Å². The van der Waals surface area contributed by atoms with Gasteiger partial charge in [0, 0.05) is 28.8 Å². The maximum absolute atomic E-state index is 12.5. The molecule has 130 valence electrons. The number of anilines is 2. The van der Waals surface area contributed by atoms with E-state index in [9.17, 15) is 9.59 Å². The highest BCUT2D eigenvalue weighted by molar-refractivity contribution is 9.10. The smallest absolute Gasteiger partial charge is 0.229 e. The van der Waals surface area contributed by atoms with Crippen molar-refractivity contribution in [1.82, 2.24) is 0 Å². The predicted octanol–water partition coefficient (Wildman–Crippen LogP) is 4.71. The summed E-state index contributed by atoms with van der Waals surface area (Å²) in [5, 5.41) is 3.37. The Hall–Kier alpha value is -1.85. The number of nitrogens with zero attached hydrogens (tertiary/aromatic N) is 1. The van der Waals surface area contributed by atoms with Gasteiger partial charge in [-0.2, -0.15) is 0 Å². The Morgan fingerprint density at radius 3 is 2.68 bits per heavy atom. The number of rotatable bonds is 3. The standard InChI is InChI=1S/C19H18BrClN2O2/c1-11-3-6-17(12(2)7-11)23-10-13(8-18(23)24)19(25)22-14-4-5-15(20)16(21)9-14/h3-7,9,13H,8,10H2,1-2H3,(H,22,25)/t13-/m1/s1. The fourth-order valence-electron chi connectivity index (χ4n) is 3.04. The molecule has 0 aliphatic carbocycles. The minimum Gasteiger partial charge on any atom is -0.326 e. The molecule has 2 aromatic carbocycles. The van der Waals surface area contributed by atoms with Crippen LogP contribution in [0.3, 0.4) is 0 Å². The van der Waals surface area contributed by atoms with Crippen LogP contribution in [0.5, 0.6) is 0 Å². The van der Waals surface area contributed by atoms with Gasteiger partial charge in [-0.15, -0.1) is 0 Å². The van der Waals surface area contributed by atoms with Crippen LogP contribution >= 0.6 is 27.5 Å². The Balaban J connectivity index is 1.73. The number of aryl methyl sites for hydroxylation is 2. The average molecular weight is 422 g/mol. The Morgan fingerprint density at radius 2 is 2.00 bits per heavy atom. The molecular weight excluding hydrogens is 404 g/mol. The van der Waals surface area contributed by atoms with Crippen LogP contribution in [0.1, 0.15) is 17.5 Å². The van der Waals surface area contributed by atoms with Crippen LogP contribution in [0.25, 0.3) is 0 Å². The minimum absolute atomic E-state index is 0.0269. The van der Waals surface area contributed by atoms with Crippen LogP contribution < -0.4 is 10.2 Å². The highest BCUT2D eigenvalue weighted by Crippen LogP contribution is 2.30. The molecule has 1 fully saturated rings. The third kappa shape index (κ3) is 3.88. The molecule has 1 heterocycles. The van der Waals surface area contributed by atoms with Crippen LogP contribution in [0.4, 0.5) is 11.4 Å². The molecule has 0 aromatic heterocycles. The number of carbonyl (C=O) groups excluding carboxylic acids is 2. The lowest BCUT2D eigenvalue weighted by Crippen LogP contribution is -2.28. The topological polar surface area (TPSA) is 49.4 Å². The summed E-state index contributed by atoms with van der Waals surface area (Å²) < 4.78 is 0.768. The van der Waals surface area contributed by atoms with Crippen molar-refractivity contribution in [3.63, 3.8) is 0 Å². The van der Waals surface area contributed by atoms with Gasteiger partial charge < -0.3 is 10.2 Å². The predicted molar refractivity (Wildman–Crippen MR) is 104 cm³/mol. The molecule has 2 aromatic rings. The lowest BCUT2D eigenvalue weighted by molar-refractivity contribution is -0.122. The molecule has 3 rings (SSSR count). The minimum atomic E-state index is -0.379. The number of amides is 2. The van der Waals surface area contributed by atoms with Crippen LogP contribution in [0, 0.1) is 19.8 Å². The van der Waals surface area contributed by atoms with Crippen LogP contribution in [-0.2, 0) is 9.59 Å². The summed E-state index contributed by atoms with van der Waals surface area (Å²) in [5.41, 5.74) is 3.68. The highest BCUT2D eigenvalue weighted by atomic mass is 79.9. The molecule has 1 aliphatic heterocycles.